The van der Waals surface area contributed by atoms with Crippen LogP contribution in [0.15, 0.2) is 40.9 Å². The highest BCUT2D eigenvalue weighted by Crippen LogP contribution is 2.36. The zero-order valence-corrected chi connectivity index (χ0v) is 12.0. The Labute approximate surface area is 117 Å². The summed E-state index contributed by atoms with van der Waals surface area (Å²) in [5.41, 5.74) is 0. The summed E-state index contributed by atoms with van der Waals surface area (Å²) >= 11 is 4.83. The number of halogens is 1. The van der Waals surface area contributed by atoms with Crippen LogP contribution in [0.3, 0.4) is 0 Å². The molecule has 5 heteroatoms. The van der Waals surface area contributed by atoms with Gasteiger partial charge < -0.3 is 4.74 Å². The minimum Gasteiger partial charge on any atom is -0.429 e. The molecule has 0 radical (unpaired) electrons. The number of aromatic nitrogens is 2. The molecule has 0 N–H and O–H groups in total. The zero-order chi connectivity index (χ0) is 12.5. The number of hydrogen-bond donors (Lipinski definition) is 0. The van der Waals surface area contributed by atoms with Gasteiger partial charge in [0, 0.05) is 11.5 Å². The summed E-state index contributed by atoms with van der Waals surface area (Å²) in [5.74, 6) is 1.48. The van der Waals surface area contributed by atoms with Crippen molar-refractivity contribution in [2.45, 2.75) is 6.92 Å². The Kier molecular flexibility index (Phi) is 3.01. The van der Waals surface area contributed by atoms with Gasteiger partial charge in [-0.15, -0.1) is 0 Å². The van der Waals surface area contributed by atoms with Crippen LogP contribution in [0.1, 0.15) is 5.82 Å². The topological polar surface area (TPSA) is 35.0 Å². The maximum absolute atomic E-state index is 5.74. The lowest BCUT2D eigenvalue weighted by Crippen LogP contribution is -1.86. The van der Waals surface area contributed by atoms with Crippen LogP contribution >= 0.6 is 27.5 Å². The van der Waals surface area contributed by atoms with E-state index in [0.717, 1.165) is 21.4 Å². The Bertz CT molecular complexity index is 711. The Morgan fingerprint density at radius 3 is 2.78 bits per heavy atom. The van der Waals surface area contributed by atoms with Crippen molar-refractivity contribution in [1.29, 1.82) is 0 Å². The summed E-state index contributed by atoms with van der Waals surface area (Å²) in [6, 6.07) is 12.1. The van der Waals surface area contributed by atoms with E-state index in [4.69, 9.17) is 4.74 Å². The van der Waals surface area contributed by atoms with Gasteiger partial charge in [-0.2, -0.15) is 9.36 Å². The molecule has 0 saturated carbocycles. The molecule has 0 aliphatic carbocycles. The molecule has 0 saturated heterocycles. The van der Waals surface area contributed by atoms with E-state index in [9.17, 15) is 0 Å². The van der Waals surface area contributed by atoms with Crippen molar-refractivity contribution in [3.05, 3.63) is 46.7 Å². The molecule has 0 unspecified atom stereocenters. The maximum Gasteiger partial charge on any atom is 0.298 e. The van der Waals surface area contributed by atoms with Crippen LogP contribution in [0.2, 0.25) is 0 Å². The minimum atomic E-state index is 0.559. The lowest BCUT2D eigenvalue weighted by molar-refractivity contribution is 0.476. The Hall–Kier alpha value is -1.46. The van der Waals surface area contributed by atoms with Gasteiger partial charge in [0.05, 0.1) is 4.47 Å². The molecule has 0 aliphatic rings. The van der Waals surface area contributed by atoms with Gasteiger partial charge in [0.1, 0.15) is 11.6 Å². The Morgan fingerprint density at radius 2 is 2.00 bits per heavy atom. The highest BCUT2D eigenvalue weighted by Gasteiger charge is 2.09. The van der Waals surface area contributed by atoms with Gasteiger partial charge in [0.15, 0.2) is 0 Å². The molecule has 0 aliphatic heterocycles. The van der Waals surface area contributed by atoms with Crippen molar-refractivity contribution in [3.8, 4) is 10.9 Å². The minimum absolute atomic E-state index is 0.559. The summed E-state index contributed by atoms with van der Waals surface area (Å²) in [6.07, 6.45) is 0. The molecule has 3 nitrogen and oxygen atoms in total. The van der Waals surface area contributed by atoms with Crippen LogP contribution in [0.25, 0.3) is 10.8 Å². The summed E-state index contributed by atoms with van der Waals surface area (Å²) in [6.45, 7) is 1.85. The predicted molar refractivity (Wildman–Crippen MR) is 76.4 cm³/mol. The average molecular weight is 321 g/mol. The predicted octanol–water partition coefficient (Wildman–Crippen LogP) is 4.55. The molecule has 3 rings (SSSR count). The van der Waals surface area contributed by atoms with Crippen LogP contribution in [-0.4, -0.2) is 9.36 Å². The molecule has 2 aromatic carbocycles. The van der Waals surface area contributed by atoms with Crippen molar-refractivity contribution in [2.24, 2.45) is 0 Å². The first-order valence-electron chi connectivity index (χ1n) is 5.39. The van der Waals surface area contributed by atoms with Gasteiger partial charge in [0.25, 0.3) is 5.19 Å². The lowest BCUT2D eigenvalue weighted by atomic mass is 10.1. The third kappa shape index (κ3) is 2.11. The molecule has 18 heavy (non-hydrogen) atoms. The van der Waals surface area contributed by atoms with Gasteiger partial charge in [-0.1, -0.05) is 30.3 Å². The quantitative estimate of drug-likeness (QED) is 0.694. The van der Waals surface area contributed by atoms with Crippen molar-refractivity contribution >= 4 is 38.2 Å². The number of fused-ring (bicyclic) bond motifs is 1. The van der Waals surface area contributed by atoms with E-state index in [1.54, 1.807) is 0 Å². The molecule has 0 bridgehead atoms. The number of benzene rings is 2. The molecule has 0 amide bonds. The number of aryl methyl sites for hydroxylation is 1. The number of ether oxygens (including phenoxy) is 1. The van der Waals surface area contributed by atoms with Crippen molar-refractivity contribution in [3.63, 3.8) is 0 Å². The van der Waals surface area contributed by atoms with Crippen molar-refractivity contribution in [2.75, 3.05) is 0 Å². The maximum atomic E-state index is 5.74. The first kappa shape index (κ1) is 11.6. The van der Waals surface area contributed by atoms with E-state index in [2.05, 4.69) is 37.4 Å². The van der Waals surface area contributed by atoms with E-state index in [-0.39, 0.29) is 0 Å². The first-order valence-corrected chi connectivity index (χ1v) is 6.96. The highest BCUT2D eigenvalue weighted by molar-refractivity contribution is 9.10. The fraction of sp³-hybridized carbons (Fsp3) is 0.0769. The van der Waals surface area contributed by atoms with Gasteiger partial charge in [-0.05, 0) is 39.7 Å². The molecule has 1 aromatic heterocycles. The van der Waals surface area contributed by atoms with Crippen LogP contribution < -0.4 is 4.74 Å². The summed E-state index contributed by atoms with van der Waals surface area (Å²) in [4.78, 5) is 4.19. The second-order valence-electron chi connectivity index (χ2n) is 3.81. The second kappa shape index (κ2) is 4.66. The third-order valence-electron chi connectivity index (χ3n) is 2.53. The van der Waals surface area contributed by atoms with Crippen LogP contribution in [0, 0.1) is 6.92 Å². The van der Waals surface area contributed by atoms with Gasteiger partial charge in [-0.25, -0.2) is 0 Å². The van der Waals surface area contributed by atoms with Crippen LogP contribution in [0.5, 0.6) is 10.9 Å². The van der Waals surface area contributed by atoms with Gasteiger partial charge in [0.2, 0.25) is 0 Å². The van der Waals surface area contributed by atoms with E-state index in [1.807, 2.05) is 31.2 Å². The largest absolute Gasteiger partial charge is 0.429 e. The first-order chi connectivity index (χ1) is 8.74. The number of rotatable bonds is 2. The van der Waals surface area contributed by atoms with E-state index >= 15 is 0 Å². The monoisotopic (exact) mass is 320 g/mol. The fourth-order valence-corrected chi connectivity index (χ4v) is 2.83. The Balaban J connectivity index is 2.04. The Morgan fingerprint density at radius 1 is 1.17 bits per heavy atom. The van der Waals surface area contributed by atoms with E-state index in [1.165, 1.54) is 16.9 Å². The summed E-state index contributed by atoms with van der Waals surface area (Å²) in [5, 5.41) is 2.85. The fourth-order valence-electron chi connectivity index (χ4n) is 1.71. The standard InChI is InChI=1S/C13H9BrN2OS/c1-8-15-13(18-16-8)17-11-7-6-9-4-2-3-5-10(9)12(11)14/h2-7H,1H3. The van der Waals surface area contributed by atoms with Gasteiger partial charge >= 0.3 is 0 Å². The van der Waals surface area contributed by atoms with E-state index in [0.29, 0.717) is 5.19 Å². The smallest absolute Gasteiger partial charge is 0.298 e. The highest BCUT2D eigenvalue weighted by atomic mass is 79.9. The molecule has 0 atom stereocenters. The molecule has 0 fully saturated rings. The summed E-state index contributed by atoms with van der Waals surface area (Å²) in [7, 11) is 0. The van der Waals surface area contributed by atoms with E-state index < -0.39 is 0 Å². The number of nitrogens with zero attached hydrogens (tertiary/aromatic N) is 2. The molecule has 3 aromatic rings. The lowest BCUT2D eigenvalue weighted by Gasteiger charge is -2.07. The van der Waals surface area contributed by atoms with Crippen LogP contribution in [-0.2, 0) is 0 Å². The second-order valence-corrected chi connectivity index (χ2v) is 5.32. The van der Waals surface area contributed by atoms with Crippen molar-refractivity contribution in [1.82, 2.24) is 9.36 Å². The summed E-state index contributed by atoms with van der Waals surface area (Å²) < 4.78 is 10.8. The normalized spacial score (nSPS) is 10.8. The zero-order valence-electron chi connectivity index (χ0n) is 9.55. The molecule has 1 heterocycles. The van der Waals surface area contributed by atoms with Crippen LogP contribution in [0.4, 0.5) is 0 Å². The third-order valence-corrected chi connectivity index (χ3v) is 4.04. The molecular formula is C13H9BrN2OS. The molecule has 90 valence electrons. The number of hydrogen-bond acceptors (Lipinski definition) is 4. The SMILES string of the molecule is Cc1nsc(Oc2ccc3ccccc3c2Br)n1. The molecule has 0 spiro atoms. The average Bonchev–Trinajstić information content (AvgIpc) is 2.79. The van der Waals surface area contributed by atoms with Gasteiger partial charge in [-0.3, -0.25) is 0 Å². The van der Waals surface area contributed by atoms with Crippen molar-refractivity contribution < 1.29 is 4.74 Å². The molecular weight excluding hydrogens is 312 g/mol.